The molecule has 4 aliphatic heterocycles. The molecule has 4 saturated heterocycles. The summed E-state index contributed by atoms with van der Waals surface area (Å²) in [5, 5.41) is 17.9. The van der Waals surface area contributed by atoms with Gasteiger partial charge in [-0.3, -0.25) is 33.7 Å². The molecule has 9 N–H and O–H groups in total. The van der Waals surface area contributed by atoms with Crippen LogP contribution in [0.3, 0.4) is 0 Å². The van der Waals surface area contributed by atoms with Crippen LogP contribution in [0.1, 0.15) is 41.5 Å². The molecule has 0 saturated carbocycles. The van der Waals surface area contributed by atoms with Crippen molar-refractivity contribution in [1.29, 1.82) is 0 Å². The molecular formula is C57H67F2N11O9. The molecule has 20 nitrogen and oxygen atoms in total. The number of carbonyl (C=O) groups is 7. The van der Waals surface area contributed by atoms with E-state index in [1.54, 1.807) is 30.5 Å². The SMILES string of the molecule is NCCNC(=O)O[C@@H]1C[C@H]2C(=O)N[C@@H](CCc3ccccc3)C(=O)N[C@H](Cc3c[nH]c4ccccc34)C(=O)N[C@@H](CN3CCNCC3)C(=O)N[C@@H](Cc3ccc(OCc4ccccc4)cc3)C(=O)N3CC(F)(F)C[C@H]3C(=O)N2C1. The molecule has 7 amide bonds. The van der Waals surface area contributed by atoms with Crippen LogP contribution in [0.5, 0.6) is 5.75 Å². The fraction of sp³-hybridized carbons (Fsp3) is 0.421. The molecule has 1 aromatic heterocycles. The Morgan fingerprint density at radius 3 is 2.06 bits per heavy atom. The van der Waals surface area contributed by atoms with Crippen LogP contribution in [0, 0.1) is 0 Å². The summed E-state index contributed by atoms with van der Waals surface area (Å²) in [5.41, 5.74) is 9.27. The highest BCUT2D eigenvalue weighted by molar-refractivity contribution is 5.99. The first kappa shape index (κ1) is 55.8. The summed E-state index contributed by atoms with van der Waals surface area (Å²) in [6.45, 7) is 0.866. The number of nitrogens with one attached hydrogen (secondary N) is 7. The number of fused-ring (bicyclic) bond motifs is 3. The van der Waals surface area contributed by atoms with Crippen molar-refractivity contribution in [2.75, 3.05) is 58.9 Å². The zero-order valence-corrected chi connectivity index (χ0v) is 43.7. The summed E-state index contributed by atoms with van der Waals surface area (Å²) < 4.78 is 43.7. The van der Waals surface area contributed by atoms with Gasteiger partial charge in [0.2, 0.25) is 35.4 Å². The Balaban J connectivity index is 1.10. The molecule has 0 bridgehead atoms. The topological polar surface area (TPSA) is 262 Å². The number of halogens is 2. The van der Waals surface area contributed by atoms with Crippen LogP contribution in [0.15, 0.2) is 115 Å². The van der Waals surface area contributed by atoms with Gasteiger partial charge in [0.25, 0.3) is 5.92 Å². The first-order valence-electron chi connectivity index (χ1n) is 26.8. The molecule has 0 unspecified atom stereocenters. The summed E-state index contributed by atoms with van der Waals surface area (Å²) in [6.07, 6.45) is -1.79. The Hall–Kier alpha value is -7.95. The van der Waals surface area contributed by atoms with E-state index in [9.17, 15) is 14.4 Å². The van der Waals surface area contributed by atoms with Gasteiger partial charge in [0.1, 0.15) is 54.7 Å². The number of aromatic amines is 1. The Bertz CT molecular complexity index is 2950. The summed E-state index contributed by atoms with van der Waals surface area (Å²) >= 11 is 0. The normalized spacial score (nSPS) is 24.3. The smallest absolute Gasteiger partial charge is 0.407 e. The van der Waals surface area contributed by atoms with Crippen molar-refractivity contribution >= 4 is 52.4 Å². The molecule has 4 aromatic carbocycles. The van der Waals surface area contributed by atoms with Crippen molar-refractivity contribution in [1.82, 2.24) is 51.6 Å². The first-order valence-corrected chi connectivity index (χ1v) is 26.8. The molecule has 5 aromatic rings. The number of alkyl carbamates (subject to hydrolysis) is 1. The Morgan fingerprint density at radius 2 is 1.33 bits per heavy atom. The maximum Gasteiger partial charge on any atom is 0.407 e. The second kappa shape index (κ2) is 25.7. The van der Waals surface area contributed by atoms with Crippen LogP contribution in [0.4, 0.5) is 13.6 Å². The van der Waals surface area contributed by atoms with E-state index in [0.29, 0.717) is 43.1 Å². The summed E-state index contributed by atoms with van der Waals surface area (Å²) in [5.74, 6) is -8.35. The van der Waals surface area contributed by atoms with Crippen molar-refractivity contribution < 1.29 is 51.8 Å². The lowest BCUT2D eigenvalue weighted by Gasteiger charge is -2.34. The lowest BCUT2D eigenvalue weighted by molar-refractivity contribution is -0.148. The van der Waals surface area contributed by atoms with Crippen LogP contribution in [-0.4, -0.2) is 168 Å². The van der Waals surface area contributed by atoms with Crippen LogP contribution in [0.25, 0.3) is 10.9 Å². The number of para-hydroxylation sites is 1. The van der Waals surface area contributed by atoms with E-state index >= 15 is 28.0 Å². The molecule has 22 heteroatoms. The molecule has 0 radical (unpaired) electrons. The number of piperazine rings is 1. The Labute approximate surface area is 455 Å². The van der Waals surface area contributed by atoms with Gasteiger partial charge >= 0.3 is 6.09 Å². The minimum Gasteiger partial charge on any atom is -0.489 e. The lowest BCUT2D eigenvalue weighted by atomic mass is 10.0. The fourth-order valence-electron chi connectivity index (χ4n) is 10.7. The van der Waals surface area contributed by atoms with Gasteiger partial charge in [0.05, 0.1) is 13.1 Å². The molecule has 0 aliphatic carbocycles. The highest BCUT2D eigenvalue weighted by atomic mass is 19.3. The first-order chi connectivity index (χ1) is 38.2. The van der Waals surface area contributed by atoms with E-state index < -0.39 is 109 Å². The summed E-state index contributed by atoms with van der Waals surface area (Å²) in [7, 11) is 0. The van der Waals surface area contributed by atoms with Gasteiger partial charge in [-0.2, -0.15) is 0 Å². The van der Waals surface area contributed by atoms with Crippen molar-refractivity contribution in [3.05, 3.63) is 138 Å². The van der Waals surface area contributed by atoms with Gasteiger partial charge in [-0.05, 0) is 53.3 Å². The van der Waals surface area contributed by atoms with Crippen LogP contribution >= 0.6 is 0 Å². The van der Waals surface area contributed by atoms with E-state index in [1.807, 2.05) is 89.8 Å². The Kier molecular flexibility index (Phi) is 18.1. The summed E-state index contributed by atoms with van der Waals surface area (Å²) in [4.78, 5) is 110. The standard InChI is InChI=1S/C57H67F2N11O9/c58-57(59)30-49-55(76)69-32-41(79-56(77)62-22-21-60)29-48(69)53(74)64-44(20-17-36-9-3-1-4-10-36)50(71)65-45(28-39-31-63-43-14-8-7-13-42(39)43)51(72)67-47(33-68-25-23-61-24-26-68)52(73)66-46(54(75)70(49)35-57)27-37-15-18-40(19-16-37)78-34-38-11-5-2-6-12-38/h1-16,18-19,31,41,44-49,61,63H,17,20-30,32-35,60H2,(H,62,77)(H,64,74)(H,65,71)(H,66,73)(H,67,72)/t41-,44+,45-,46+,47+,48+,49+/m1/s1. The van der Waals surface area contributed by atoms with Gasteiger partial charge < -0.3 is 61.9 Å². The monoisotopic (exact) mass is 1090 g/mol. The average Bonchev–Trinajstić information content (AvgIpc) is 4.39. The quantitative estimate of drug-likeness (QED) is 0.0749. The van der Waals surface area contributed by atoms with Crippen molar-refractivity contribution in [3.63, 3.8) is 0 Å². The number of nitrogens with two attached hydrogens (primary N) is 1. The van der Waals surface area contributed by atoms with Gasteiger partial charge in [-0.1, -0.05) is 91.0 Å². The number of hydrogen-bond acceptors (Lipinski definition) is 12. The van der Waals surface area contributed by atoms with Crippen molar-refractivity contribution in [2.45, 2.75) is 93.4 Å². The number of amides is 7. The molecule has 418 valence electrons. The highest BCUT2D eigenvalue weighted by Gasteiger charge is 2.55. The summed E-state index contributed by atoms with van der Waals surface area (Å²) in [6, 6.07) is 23.8. The number of alkyl halides is 2. The van der Waals surface area contributed by atoms with E-state index in [2.05, 4.69) is 36.9 Å². The number of ether oxygens (including phenoxy) is 2. The molecule has 9 rings (SSSR count). The number of carbonyl (C=O) groups excluding carboxylic acids is 7. The molecule has 5 heterocycles. The minimum absolute atomic E-state index is 0.00107. The number of rotatable bonds is 15. The Morgan fingerprint density at radius 1 is 0.684 bits per heavy atom. The largest absolute Gasteiger partial charge is 0.489 e. The molecule has 0 spiro atoms. The van der Waals surface area contributed by atoms with Crippen LogP contribution < -0.4 is 42.4 Å². The third kappa shape index (κ3) is 14.4. The van der Waals surface area contributed by atoms with E-state index in [-0.39, 0.29) is 58.3 Å². The second-order valence-electron chi connectivity index (χ2n) is 20.5. The molecule has 4 fully saturated rings. The maximum absolute atomic E-state index is 16.0. The van der Waals surface area contributed by atoms with E-state index in [4.69, 9.17) is 15.2 Å². The number of aromatic nitrogens is 1. The third-order valence-corrected chi connectivity index (χ3v) is 14.8. The number of benzene rings is 4. The predicted octanol–water partition coefficient (Wildman–Crippen LogP) is 1.91. The fourth-order valence-corrected chi connectivity index (χ4v) is 10.7. The predicted molar refractivity (Wildman–Crippen MR) is 287 cm³/mol. The van der Waals surface area contributed by atoms with Gasteiger partial charge in [0.15, 0.2) is 0 Å². The zero-order chi connectivity index (χ0) is 55.5. The van der Waals surface area contributed by atoms with Crippen LogP contribution in [-0.2, 0) is 59.4 Å². The number of hydrogen-bond donors (Lipinski definition) is 8. The van der Waals surface area contributed by atoms with Crippen molar-refractivity contribution in [3.8, 4) is 5.75 Å². The van der Waals surface area contributed by atoms with E-state index in [0.717, 1.165) is 31.8 Å². The number of H-pyrrole nitrogens is 1. The minimum atomic E-state index is -3.60. The number of nitrogens with zero attached hydrogens (tertiary/aromatic N) is 3. The molecular weight excluding hydrogens is 1020 g/mol. The third-order valence-electron chi connectivity index (χ3n) is 14.8. The average molecular weight is 1090 g/mol. The van der Waals surface area contributed by atoms with E-state index in [1.165, 1.54) is 0 Å². The second-order valence-corrected chi connectivity index (χ2v) is 20.5. The number of aryl methyl sites for hydroxylation is 1. The lowest BCUT2D eigenvalue weighted by Crippen LogP contribution is -2.63. The van der Waals surface area contributed by atoms with Gasteiger partial charge in [-0.25, -0.2) is 13.6 Å². The zero-order valence-electron chi connectivity index (χ0n) is 43.7. The highest BCUT2D eigenvalue weighted by Crippen LogP contribution is 2.36. The van der Waals surface area contributed by atoms with Crippen molar-refractivity contribution in [2.24, 2.45) is 5.73 Å². The van der Waals surface area contributed by atoms with Crippen LogP contribution in [0.2, 0.25) is 0 Å². The molecule has 4 aliphatic rings. The van der Waals surface area contributed by atoms with Gasteiger partial charge in [0, 0.05) is 88.6 Å². The maximum atomic E-state index is 16.0. The molecule has 79 heavy (non-hydrogen) atoms. The van der Waals surface area contributed by atoms with Gasteiger partial charge in [-0.15, -0.1) is 0 Å². The molecule has 7 atom stereocenters.